The van der Waals surface area contributed by atoms with E-state index in [9.17, 15) is 5.11 Å². The van der Waals surface area contributed by atoms with Gasteiger partial charge in [0.2, 0.25) is 0 Å². The molecular formula is C16H20O3. The Kier molecular flexibility index (Phi) is 7.13. The Hall–Kier alpha value is -2.00. The van der Waals surface area contributed by atoms with Crippen LogP contribution in [0.15, 0.2) is 60.9 Å². The van der Waals surface area contributed by atoms with E-state index in [-0.39, 0.29) is 0 Å². The van der Waals surface area contributed by atoms with Crippen molar-refractivity contribution in [1.82, 2.24) is 0 Å². The van der Waals surface area contributed by atoms with Gasteiger partial charge in [-0.25, -0.2) is 0 Å². The second kappa shape index (κ2) is 9.00. The summed E-state index contributed by atoms with van der Waals surface area (Å²) in [5, 5.41) is 9.64. The molecule has 0 fully saturated rings. The van der Waals surface area contributed by atoms with Crippen molar-refractivity contribution in [3.05, 3.63) is 66.5 Å². The second-order valence-corrected chi connectivity index (χ2v) is 3.89. The highest BCUT2D eigenvalue weighted by Crippen LogP contribution is 2.16. The molecule has 1 aromatic carbocycles. The monoisotopic (exact) mass is 260 g/mol. The zero-order valence-electron chi connectivity index (χ0n) is 11.2. The van der Waals surface area contributed by atoms with Crippen LogP contribution in [0.2, 0.25) is 0 Å². The summed E-state index contributed by atoms with van der Waals surface area (Å²) in [7, 11) is 1.64. The van der Waals surface area contributed by atoms with Crippen molar-refractivity contribution in [2.75, 3.05) is 20.3 Å². The predicted octanol–water partition coefficient (Wildman–Crippen LogP) is 3.22. The fourth-order valence-corrected chi connectivity index (χ4v) is 1.53. The average molecular weight is 260 g/mol. The quantitative estimate of drug-likeness (QED) is 0.576. The smallest absolute Gasteiger partial charge is 0.119 e. The van der Waals surface area contributed by atoms with Crippen molar-refractivity contribution in [2.24, 2.45) is 0 Å². The molecule has 0 bridgehead atoms. The molecule has 102 valence electrons. The Bertz CT molecular complexity index is 447. The highest BCUT2D eigenvalue weighted by atomic mass is 16.5. The zero-order chi connectivity index (χ0) is 13.9. The first-order valence-corrected chi connectivity index (χ1v) is 6.15. The van der Waals surface area contributed by atoms with E-state index < -0.39 is 0 Å². The maximum absolute atomic E-state index is 9.64. The van der Waals surface area contributed by atoms with E-state index in [1.165, 1.54) is 0 Å². The van der Waals surface area contributed by atoms with Gasteiger partial charge in [-0.15, -0.1) is 0 Å². The number of rotatable bonds is 8. The lowest BCUT2D eigenvalue weighted by Crippen LogP contribution is -1.98. The van der Waals surface area contributed by atoms with Gasteiger partial charge < -0.3 is 14.6 Å². The molecule has 1 N–H and O–H groups in total. The van der Waals surface area contributed by atoms with Crippen molar-refractivity contribution >= 4 is 0 Å². The van der Waals surface area contributed by atoms with Gasteiger partial charge >= 0.3 is 0 Å². The molecule has 0 aliphatic rings. The number of hydrogen-bond acceptors (Lipinski definition) is 3. The molecule has 0 aromatic heterocycles. The van der Waals surface area contributed by atoms with Gasteiger partial charge in [0.1, 0.15) is 11.5 Å². The van der Waals surface area contributed by atoms with Gasteiger partial charge in [0.15, 0.2) is 0 Å². The maximum Gasteiger partial charge on any atom is 0.119 e. The summed E-state index contributed by atoms with van der Waals surface area (Å²) in [4.78, 5) is 0. The van der Waals surface area contributed by atoms with Crippen LogP contribution in [0, 0.1) is 0 Å². The SMILES string of the molecule is C=C/C=C(\C=C/COC)OCCc1ccccc1O. The first kappa shape index (κ1) is 15.1. The van der Waals surface area contributed by atoms with E-state index >= 15 is 0 Å². The average Bonchev–Trinajstić information content (AvgIpc) is 2.41. The van der Waals surface area contributed by atoms with E-state index in [0.29, 0.717) is 25.4 Å². The summed E-state index contributed by atoms with van der Waals surface area (Å²) in [6, 6.07) is 7.26. The number of ether oxygens (including phenoxy) is 2. The van der Waals surface area contributed by atoms with Gasteiger partial charge in [-0.1, -0.05) is 36.9 Å². The molecule has 0 atom stereocenters. The van der Waals surface area contributed by atoms with Crippen molar-refractivity contribution in [2.45, 2.75) is 6.42 Å². The topological polar surface area (TPSA) is 38.7 Å². The lowest BCUT2D eigenvalue weighted by atomic mass is 10.1. The first-order valence-electron chi connectivity index (χ1n) is 6.15. The summed E-state index contributed by atoms with van der Waals surface area (Å²) in [5.41, 5.74) is 0.876. The molecule has 19 heavy (non-hydrogen) atoms. The number of methoxy groups -OCH3 is 1. The van der Waals surface area contributed by atoms with Gasteiger partial charge in [-0.05, 0) is 23.8 Å². The van der Waals surface area contributed by atoms with Crippen molar-refractivity contribution in [1.29, 1.82) is 0 Å². The van der Waals surface area contributed by atoms with Crippen LogP contribution in [0.25, 0.3) is 0 Å². The summed E-state index contributed by atoms with van der Waals surface area (Å²) in [5.74, 6) is 1.03. The first-order chi connectivity index (χ1) is 9.27. The van der Waals surface area contributed by atoms with Gasteiger partial charge in [0.05, 0.1) is 13.2 Å². The Morgan fingerprint density at radius 2 is 2.16 bits per heavy atom. The van der Waals surface area contributed by atoms with E-state index in [2.05, 4.69) is 6.58 Å². The van der Waals surface area contributed by atoms with Crippen LogP contribution < -0.4 is 0 Å². The highest BCUT2D eigenvalue weighted by Gasteiger charge is 2.00. The third kappa shape index (κ3) is 5.93. The van der Waals surface area contributed by atoms with Crippen LogP contribution in [0.1, 0.15) is 5.56 Å². The van der Waals surface area contributed by atoms with Crippen LogP contribution in [0.4, 0.5) is 0 Å². The number of phenols is 1. The van der Waals surface area contributed by atoms with Crippen molar-refractivity contribution in [3.63, 3.8) is 0 Å². The van der Waals surface area contributed by atoms with Gasteiger partial charge in [-0.3, -0.25) is 0 Å². The molecule has 0 radical (unpaired) electrons. The Morgan fingerprint density at radius 1 is 1.37 bits per heavy atom. The van der Waals surface area contributed by atoms with Gasteiger partial charge in [0.25, 0.3) is 0 Å². The fraction of sp³-hybridized carbons (Fsp3) is 0.250. The molecule has 3 heteroatoms. The molecule has 1 rings (SSSR count). The van der Waals surface area contributed by atoms with Gasteiger partial charge in [-0.2, -0.15) is 0 Å². The Labute approximate surface area is 114 Å². The molecule has 0 amide bonds. The molecule has 0 unspecified atom stereocenters. The maximum atomic E-state index is 9.64. The molecule has 0 heterocycles. The van der Waals surface area contributed by atoms with Gasteiger partial charge in [0, 0.05) is 13.5 Å². The van der Waals surface area contributed by atoms with Crippen LogP contribution in [0.3, 0.4) is 0 Å². The predicted molar refractivity (Wildman–Crippen MR) is 77.1 cm³/mol. The molecular weight excluding hydrogens is 240 g/mol. The molecule has 0 aliphatic carbocycles. The van der Waals surface area contributed by atoms with Crippen molar-refractivity contribution in [3.8, 4) is 5.75 Å². The van der Waals surface area contributed by atoms with E-state index in [1.54, 1.807) is 31.4 Å². The molecule has 1 aromatic rings. The highest BCUT2D eigenvalue weighted by molar-refractivity contribution is 5.31. The minimum absolute atomic E-state index is 0.301. The van der Waals surface area contributed by atoms with Crippen LogP contribution >= 0.6 is 0 Å². The number of para-hydroxylation sites is 1. The second-order valence-electron chi connectivity index (χ2n) is 3.89. The number of phenolic OH excluding ortho intramolecular Hbond substituents is 1. The Balaban J connectivity index is 2.47. The van der Waals surface area contributed by atoms with Crippen molar-refractivity contribution < 1.29 is 14.6 Å². The Morgan fingerprint density at radius 3 is 2.84 bits per heavy atom. The summed E-state index contributed by atoms with van der Waals surface area (Å²) in [6.45, 7) is 4.68. The third-order valence-corrected chi connectivity index (χ3v) is 2.46. The standard InChI is InChI=1S/C16H20O3/c1-3-7-15(9-6-12-18-2)19-13-11-14-8-4-5-10-16(14)17/h3-10,17H,1,11-13H2,2H3/b9-6-,15-7+. The minimum Gasteiger partial charge on any atom is -0.508 e. The molecule has 0 saturated heterocycles. The fourth-order valence-electron chi connectivity index (χ4n) is 1.53. The molecule has 3 nitrogen and oxygen atoms in total. The number of allylic oxidation sites excluding steroid dienone is 3. The number of hydrogen-bond donors (Lipinski definition) is 1. The third-order valence-electron chi connectivity index (χ3n) is 2.46. The minimum atomic E-state index is 0.301. The number of aromatic hydroxyl groups is 1. The van der Waals surface area contributed by atoms with Crippen LogP contribution in [-0.4, -0.2) is 25.4 Å². The lowest BCUT2D eigenvalue weighted by Gasteiger charge is -2.08. The normalized spacial score (nSPS) is 11.7. The van der Waals surface area contributed by atoms with Crippen LogP contribution in [-0.2, 0) is 15.9 Å². The van der Waals surface area contributed by atoms with E-state index in [0.717, 1.165) is 11.3 Å². The zero-order valence-corrected chi connectivity index (χ0v) is 11.2. The molecule has 0 spiro atoms. The summed E-state index contributed by atoms with van der Waals surface area (Å²) in [6.07, 6.45) is 7.83. The summed E-state index contributed by atoms with van der Waals surface area (Å²) < 4.78 is 10.6. The molecule has 0 saturated carbocycles. The number of benzene rings is 1. The van der Waals surface area contributed by atoms with E-state index in [1.807, 2.05) is 24.3 Å². The largest absolute Gasteiger partial charge is 0.508 e. The lowest BCUT2D eigenvalue weighted by molar-refractivity contribution is 0.222. The summed E-state index contributed by atoms with van der Waals surface area (Å²) >= 11 is 0. The molecule has 0 aliphatic heterocycles. The van der Waals surface area contributed by atoms with Crippen LogP contribution in [0.5, 0.6) is 5.75 Å². The van der Waals surface area contributed by atoms with E-state index in [4.69, 9.17) is 9.47 Å².